The Morgan fingerprint density at radius 1 is 1.07 bits per heavy atom. The molecule has 0 bridgehead atoms. The molecule has 2 atom stereocenters. The first-order valence-corrected chi connectivity index (χ1v) is 9.99. The van der Waals surface area contributed by atoms with Crippen molar-refractivity contribution in [2.24, 2.45) is 23.3 Å². The summed E-state index contributed by atoms with van der Waals surface area (Å²) in [4.78, 5) is 35.8. The predicted molar refractivity (Wildman–Crippen MR) is 106 cm³/mol. The lowest BCUT2D eigenvalue weighted by molar-refractivity contribution is -0.131. The number of carbonyl (C=O) groups is 3. The lowest BCUT2D eigenvalue weighted by Gasteiger charge is -2.29. The number of Topliss-reactive ketones (excluding diaryl/α,β-unsaturated/α-hetero) is 1. The molecule has 0 saturated heterocycles. The molecule has 0 aromatic carbocycles. The van der Waals surface area contributed by atoms with Crippen LogP contribution in [0, 0.1) is 11.8 Å². The Balaban J connectivity index is 0.00000210. The van der Waals surface area contributed by atoms with Gasteiger partial charge in [0.15, 0.2) is 5.78 Å². The summed E-state index contributed by atoms with van der Waals surface area (Å²) >= 11 is 0. The number of hydrogen-bond donors (Lipinski definition) is 5. The summed E-state index contributed by atoms with van der Waals surface area (Å²) in [5.74, 6) is -0.389. The number of aliphatic hydroxyl groups excluding tert-OH is 1. The molecule has 0 heterocycles. The minimum atomic E-state index is -0.586. The SMILES string of the molecule is CC(=O)C(CCN)NC(=O)CNC(=O)C(CCN)C1CCCCC1.CCO. The van der Waals surface area contributed by atoms with Gasteiger partial charge in [0.25, 0.3) is 0 Å². The van der Waals surface area contributed by atoms with Crippen molar-refractivity contribution >= 4 is 17.6 Å². The summed E-state index contributed by atoms with van der Waals surface area (Å²) in [6, 6.07) is -0.586. The van der Waals surface area contributed by atoms with Gasteiger partial charge >= 0.3 is 0 Å². The molecule has 7 N–H and O–H groups in total. The first-order chi connectivity index (χ1) is 12.9. The molecule has 0 radical (unpaired) electrons. The Kier molecular flexibility index (Phi) is 14.7. The summed E-state index contributed by atoms with van der Waals surface area (Å²) in [5, 5.41) is 12.9. The molecule has 1 fully saturated rings. The monoisotopic (exact) mass is 386 g/mol. The number of aliphatic hydroxyl groups is 1. The van der Waals surface area contributed by atoms with Gasteiger partial charge in [-0.1, -0.05) is 19.3 Å². The van der Waals surface area contributed by atoms with Crippen molar-refractivity contribution in [1.29, 1.82) is 0 Å². The third-order valence-electron chi connectivity index (χ3n) is 4.74. The zero-order chi connectivity index (χ0) is 20.7. The normalized spacial score (nSPS) is 16.5. The number of nitrogens with two attached hydrogens (primary N) is 2. The fourth-order valence-electron chi connectivity index (χ4n) is 3.38. The van der Waals surface area contributed by atoms with Gasteiger partial charge in [0.1, 0.15) is 0 Å². The second kappa shape index (κ2) is 15.5. The second-order valence-corrected chi connectivity index (χ2v) is 6.92. The van der Waals surface area contributed by atoms with Crippen molar-refractivity contribution in [3.63, 3.8) is 0 Å². The van der Waals surface area contributed by atoms with Crippen LogP contribution in [0.15, 0.2) is 0 Å². The number of hydrogen-bond acceptors (Lipinski definition) is 6. The summed E-state index contributed by atoms with van der Waals surface area (Å²) < 4.78 is 0. The van der Waals surface area contributed by atoms with Gasteiger partial charge in [0.2, 0.25) is 11.8 Å². The summed E-state index contributed by atoms with van der Waals surface area (Å²) in [5.41, 5.74) is 11.1. The van der Waals surface area contributed by atoms with E-state index in [1.54, 1.807) is 6.92 Å². The fraction of sp³-hybridized carbons (Fsp3) is 0.842. The fourth-order valence-corrected chi connectivity index (χ4v) is 3.38. The van der Waals surface area contributed by atoms with E-state index < -0.39 is 6.04 Å². The van der Waals surface area contributed by atoms with Gasteiger partial charge in [-0.25, -0.2) is 0 Å². The Morgan fingerprint density at radius 3 is 2.11 bits per heavy atom. The first-order valence-electron chi connectivity index (χ1n) is 9.99. The minimum absolute atomic E-state index is 0.110. The van der Waals surface area contributed by atoms with Gasteiger partial charge in [-0.2, -0.15) is 0 Å². The van der Waals surface area contributed by atoms with Crippen molar-refractivity contribution in [2.45, 2.75) is 64.8 Å². The maximum atomic E-state index is 12.4. The highest BCUT2D eigenvalue weighted by Gasteiger charge is 2.29. The molecule has 1 aliphatic rings. The van der Waals surface area contributed by atoms with E-state index in [-0.39, 0.29) is 36.7 Å². The van der Waals surface area contributed by atoms with Crippen LogP contribution in [0.5, 0.6) is 0 Å². The second-order valence-electron chi connectivity index (χ2n) is 6.92. The maximum Gasteiger partial charge on any atom is 0.239 e. The predicted octanol–water partition coefficient (Wildman–Crippen LogP) is 0.0691. The molecule has 1 saturated carbocycles. The Bertz CT molecular complexity index is 439. The zero-order valence-corrected chi connectivity index (χ0v) is 16.8. The molecular weight excluding hydrogens is 348 g/mol. The summed E-state index contributed by atoms with van der Waals surface area (Å²) in [7, 11) is 0. The molecule has 0 aliphatic heterocycles. The maximum absolute atomic E-state index is 12.4. The highest BCUT2D eigenvalue weighted by Crippen LogP contribution is 2.31. The highest BCUT2D eigenvalue weighted by atomic mass is 16.2. The molecule has 1 aliphatic carbocycles. The summed E-state index contributed by atoms with van der Waals surface area (Å²) in [6.45, 7) is 4.00. The van der Waals surface area contributed by atoms with Crippen LogP contribution in [0.25, 0.3) is 0 Å². The van der Waals surface area contributed by atoms with E-state index in [4.69, 9.17) is 16.6 Å². The van der Waals surface area contributed by atoms with E-state index in [1.165, 1.54) is 13.3 Å². The lowest BCUT2D eigenvalue weighted by Crippen LogP contribution is -2.47. The Morgan fingerprint density at radius 2 is 1.63 bits per heavy atom. The Hall–Kier alpha value is -1.51. The van der Waals surface area contributed by atoms with Crippen LogP contribution in [0.2, 0.25) is 0 Å². The van der Waals surface area contributed by atoms with Gasteiger partial charge in [-0.15, -0.1) is 0 Å². The average molecular weight is 387 g/mol. The van der Waals surface area contributed by atoms with Gasteiger partial charge in [0, 0.05) is 12.5 Å². The van der Waals surface area contributed by atoms with E-state index in [0.717, 1.165) is 25.7 Å². The van der Waals surface area contributed by atoms with Crippen molar-refractivity contribution in [3.05, 3.63) is 0 Å². The van der Waals surface area contributed by atoms with Crippen LogP contribution < -0.4 is 22.1 Å². The number of amides is 2. The van der Waals surface area contributed by atoms with Crippen molar-refractivity contribution in [3.8, 4) is 0 Å². The van der Waals surface area contributed by atoms with E-state index in [2.05, 4.69) is 10.6 Å². The lowest BCUT2D eigenvalue weighted by atomic mass is 9.78. The highest BCUT2D eigenvalue weighted by molar-refractivity contribution is 5.90. The van der Waals surface area contributed by atoms with Gasteiger partial charge in [-0.3, -0.25) is 14.4 Å². The van der Waals surface area contributed by atoms with E-state index in [9.17, 15) is 14.4 Å². The molecule has 8 nitrogen and oxygen atoms in total. The molecule has 158 valence electrons. The molecule has 2 amide bonds. The topological polar surface area (TPSA) is 148 Å². The molecule has 0 spiro atoms. The number of rotatable bonds is 10. The average Bonchev–Trinajstić information content (AvgIpc) is 2.65. The van der Waals surface area contributed by atoms with Crippen LogP contribution in [0.1, 0.15) is 58.8 Å². The van der Waals surface area contributed by atoms with Crippen molar-refractivity contribution in [2.75, 3.05) is 26.2 Å². The third kappa shape index (κ3) is 11.0. The summed E-state index contributed by atoms with van der Waals surface area (Å²) in [6.07, 6.45) is 6.66. The minimum Gasteiger partial charge on any atom is -0.397 e. The molecular formula is C19H38N4O4. The van der Waals surface area contributed by atoms with Crippen LogP contribution in [0.3, 0.4) is 0 Å². The van der Waals surface area contributed by atoms with Gasteiger partial charge in [0.05, 0.1) is 12.6 Å². The van der Waals surface area contributed by atoms with E-state index >= 15 is 0 Å². The van der Waals surface area contributed by atoms with Crippen molar-refractivity contribution in [1.82, 2.24) is 10.6 Å². The molecule has 27 heavy (non-hydrogen) atoms. The largest absolute Gasteiger partial charge is 0.397 e. The zero-order valence-electron chi connectivity index (χ0n) is 16.8. The van der Waals surface area contributed by atoms with Crippen LogP contribution >= 0.6 is 0 Å². The molecule has 0 aromatic rings. The Labute approximate surface area is 162 Å². The first kappa shape index (κ1) is 25.5. The molecule has 1 rings (SSSR count). The number of nitrogens with one attached hydrogen (secondary N) is 2. The van der Waals surface area contributed by atoms with E-state index in [0.29, 0.717) is 31.8 Å². The third-order valence-corrected chi connectivity index (χ3v) is 4.74. The number of ketones is 1. The van der Waals surface area contributed by atoms with E-state index in [1.807, 2.05) is 0 Å². The smallest absolute Gasteiger partial charge is 0.239 e. The standard InChI is InChI=1S/C17H32N4O3.C2H6O/c1-12(22)15(8-10-19)21-16(23)11-20-17(24)14(7-9-18)13-5-3-2-4-6-13;1-2-3/h13-15H,2-11,18-19H2,1H3,(H,20,24)(H,21,23);3H,2H2,1H3. The van der Waals surface area contributed by atoms with Gasteiger partial charge < -0.3 is 27.2 Å². The molecule has 0 aromatic heterocycles. The van der Waals surface area contributed by atoms with Crippen LogP contribution in [0.4, 0.5) is 0 Å². The van der Waals surface area contributed by atoms with Gasteiger partial charge in [-0.05, 0) is 58.5 Å². The quantitative estimate of drug-likeness (QED) is 0.359. The molecule has 8 heteroatoms. The van der Waals surface area contributed by atoms with Crippen molar-refractivity contribution < 1.29 is 19.5 Å². The van der Waals surface area contributed by atoms with Crippen LogP contribution in [-0.4, -0.2) is 55.0 Å². The number of carbonyl (C=O) groups excluding carboxylic acids is 3. The van der Waals surface area contributed by atoms with Crippen LogP contribution in [-0.2, 0) is 14.4 Å². The molecule has 2 unspecified atom stereocenters.